The van der Waals surface area contributed by atoms with Gasteiger partial charge in [-0.05, 0) is 11.5 Å². The van der Waals surface area contributed by atoms with Gasteiger partial charge < -0.3 is 5.11 Å². The van der Waals surface area contributed by atoms with Crippen LogP contribution in [0.3, 0.4) is 0 Å². The van der Waals surface area contributed by atoms with Crippen LogP contribution in [0.1, 0.15) is 39.0 Å². The Morgan fingerprint density at radius 2 is 1.92 bits per heavy atom. The fourth-order valence-electron chi connectivity index (χ4n) is 0.852. The molecule has 0 aliphatic carbocycles. The molecule has 0 saturated carbocycles. The average molecular weight is 192 g/mol. The molecular weight excluding hydrogens is 176 g/mol. The second-order valence-corrected chi connectivity index (χ2v) is 2.65. The normalized spacial score (nSPS) is 9.92. The van der Waals surface area contributed by atoms with Crippen LogP contribution in [0.15, 0.2) is 0 Å². The lowest BCUT2D eigenvalue weighted by molar-refractivity contribution is -0.485. The number of hydrogen-bond acceptors (Lipinski definition) is 4. The van der Waals surface area contributed by atoms with Gasteiger partial charge in [-0.2, -0.15) is 4.89 Å². The van der Waals surface area contributed by atoms with Crippen LogP contribution in [0.25, 0.3) is 0 Å². The minimum atomic E-state index is -1.51. The first-order chi connectivity index (χ1) is 6.27. The van der Waals surface area contributed by atoms with E-state index in [4.69, 9.17) is 5.11 Å². The predicted octanol–water partition coefficient (Wildman–Crippen LogP) is 2.51. The number of hydrogen-bond donors (Lipinski definition) is 1. The predicted molar refractivity (Wildman–Crippen MR) is 44.9 cm³/mol. The van der Waals surface area contributed by atoms with E-state index in [0.29, 0.717) is 6.61 Å². The summed E-state index contributed by atoms with van der Waals surface area (Å²) in [4.78, 5) is 17.8. The van der Waals surface area contributed by atoms with Gasteiger partial charge in [0.25, 0.3) is 0 Å². The molecule has 0 unspecified atom stereocenters. The summed E-state index contributed by atoms with van der Waals surface area (Å²) in [6.45, 7) is 2.50. The van der Waals surface area contributed by atoms with Gasteiger partial charge in [-0.25, -0.2) is 9.68 Å². The van der Waals surface area contributed by atoms with E-state index >= 15 is 0 Å². The summed E-state index contributed by atoms with van der Waals surface area (Å²) in [7, 11) is 0. The monoisotopic (exact) mass is 192 g/mol. The maximum atomic E-state index is 9.75. The van der Waals surface area contributed by atoms with E-state index in [0.717, 1.165) is 12.8 Å². The first-order valence-electron chi connectivity index (χ1n) is 4.46. The van der Waals surface area contributed by atoms with Crippen LogP contribution in [0.2, 0.25) is 0 Å². The Bertz CT molecular complexity index is 126. The lowest BCUT2D eigenvalue weighted by Crippen LogP contribution is -2.03. The molecule has 0 aromatic heterocycles. The van der Waals surface area contributed by atoms with Crippen LogP contribution < -0.4 is 0 Å². The molecule has 78 valence electrons. The molecule has 1 N–H and O–H groups in total. The Morgan fingerprint density at radius 1 is 1.23 bits per heavy atom. The van der Waals surface area contributed by atoms with Gasteiger partial charge in [0.1, 0.15) is 0 Å². The Hall–Kier alpha value is -0.810. The van der Waals surface area contributed by atoms with Crippen molar-refractivity contribution in [2.75, 3.05) is 6.61 Å². The maximum Gasteiger partial charge on any atom is 0.540 e. The Labute approximate surface area is 77.4 Å². The smallest absolute Gasteiger partial charge is 0.448 e. The van der Waals surface area contributed by atoms with Crippen LogP contribution in [-0.2, 0) is 14.8 Å². The van der Waals surface area contributed by atoms with E-state index in [1.54, 1.807) is 0 Å². The van der Waals surface area contributed by atoms with Gasteiger partial charge in [0.05, 0.1) is 6.61 Å². The lowest BCUT2D eigenvalue weighted by Gasteiger charge is -1.99. The van der Waals surface area contributed by atoms with Crippen LogP contribution in [0.4, 0.5) is 4.79 Å². The van der Waals surface area contributed by atoms with E-state index in [9.17, 15) is 4.79 Å². The van der Waals surface area contributed by atoms with E-state index in [1.807, 2.05) is 0 Å². The molecule has 5 nitrogen and oxygen atoms in total. The first-order valence-corrected chi connectivity index (χ1v) is 4.46. The highest BCUT2D eigenvalue weighted by atomic mass is 17.5. The SMILES string of the molecule is CCCCCCCOOOC(=O)O. The number of carboxylic acid groups (broad SMARTS) is 1. The van der Waals surface area contributed by atoms with Gasteiger partial charge in [0.15, 0.2) is 0 Å². The van der Waals surface area contributed by atoms with Crippen molar-refractivity contribution in [3.8, 4) is 0 Å². The molecule has 0 rings (SSSR count). The van der Waals surface area contributed by atoms with Gasteiger partial charge in [0.2, 0.25) is 0 Å². The van der Waals surface area contributed by atoms with Crippen LogP contribution in [0, 0.1) is 0 Å². The van der Waals surface area contributed by atoms with E-state index < -0.39 is 6.16 Å². The molecule has 0 aliphatic heterocycles. The number of unbranched alkanes of at least 4 members (excludes halogenated alkanes) is 4. The van der Waals surface area contributed by atoms with Gasteiger partial charge in [-0.1, -0.05) is 32.6 Å². The Balaban J connectivity index is 2.87. The van der Waals surface area contributed by atoms with Crippen LogP contribution in [0.5, 0.6) is 0 Å². The van der Waals surface area contributed by atoms with Crippen molar-refractivity contribution in [2.45, 2.75) is 39.0 Å². The van der Waals surface area contributed by atoms with Crippen molar-refractivity contribution in [3.05, 3.63) is 0 Å². The minimum absolute atomic E-state index is 0.358. The summed E-state index contributed by atoms with van der Waals surface area (Å²) in [5.74, 6) is 0. The van der Waals surface area contributed by atoms with Crippen LogP contribution in [-0.4, -0.2) is 17.9 Å². The fourth-order valence-corrected chi connectivity index (χ4v) is 0.852. The number of rotatable bonds is 8. The van der Waals surface area contributed by atoms with Crippen LogP contribution >= 0.6 is 0 Å². The highest BCUT2D eigenvalue weighted by Gasteiger charge is 1.97. The highest BCUT2D eigenvalue weighted by molar-refractivity contribution is 5.55. The molecule has 0 saturated heterocycles. The molecule has 0 amide bonds. The zero-order valence-electron chi connectivity index (χ0n) is 7.82. The topological polar surface area (TPSA) is 65.0 Å². The molecule has 0 radical (unpaired) electrons. The third-order valence-corrected chi connectivity index (χ3v) is 1.48. The molecule has 0 aromatic carbocycles. The summed E-state index contributed by atoms with van der Waals surface area (Å²) in [6.07, 6.45) is 3.98. The van der Waals surface area contributed by atoms with Gasteiger partial charge in [-0.3, -0.25) is 0 Å². The average Bonchev–Trinajstić information content (AvgIpc) is 2.09. The van der Waals surface area contributed by atoms with Gasteiger partial charge in [0, 0.05) is 0 Å². The quantitative estimate of drug-likeness (QED) is 0.363. The Kier molecular flexibility index (Phi) is 8.70. The molecule has 13 heavy (non-hydrogen) atoms. The Morgan fingerprint density at radius 3 is 2.54 bits per heavy atom. The summed E-state index contributed by atoms with van der Waals surface area (Å²) in [5.41, 5.74) is 0. The molecule has 0 aromatic rings. The van der Waals surface area contributed by atoms with Gasteiger partial charge >= 0.3 is 6.16 Å². The fraction of sp³-hybridized carbons (Fsp3) is 0.875. The number of carbonyl (C=O) groups is 1. The molecular formula is C8H16O5. The summed E-state index contributed by atoms with van der Waals surface area (Å²) in [6, 6.07) is 0. The molecule has 5 heteroatoms. The molecule has 0 bridgehead atoms. The van der Waals surface area contributed by atoms with Crippen molar-refractivity contribution in [2.24, 2.45) is 0 Å². The van der Waals surface area contributed by atoms with Crippen molar-refractivity contribution in [3.63, 3.8) is 0 Å². The molecule has 0 spiro atoms. The lowest BCUT2D eigenvalue weighted by atomic mass is 10.2. The zero-order valence-corrected chi connectivity index (χ0v) is 7.82. The van der Waals surface area contributed by atoms with Gasteiger partial charge in [-0.15, -0.1) is 0 Å². The second kappa shape index (κ2) is 9.28. The highest BCUT2D eigenvalue weighted by Crippen LogP contribution is 2.02. The van der Waals surface area contributed by atoms with Crippen molar-refractivity contribution in [1.82, 2.24) is 0 Å². The van der Waals surface area contributed by atoms with Crippen molar-refractivity contribution >= 4 is 6.16 Å². The third-order valence-electron chi connectivity index (χ3n) is 1.48. The largest absolute Gasteiger partial charge is 0.540 e. The maximum absolute atomic E-state index is 9.75. The summed E-state index contributed by atoms with van der Waals surface area (Å²) in [5, 5.41) is 11.9. The standard InChI is InChI=1S/C8H16O5/c1-2-3-4-5-6-7-11-13-12-8(9)10/h2-7H2,1H3,(H,9,10). The minimum Gasteiger partial charge on any atom is -0.448 e. The van der Waals surface area contributed by atoms with Crippen molar-refractivity contribution < 1.29 is 24.7 Å². The molecule has 0 aliphatic rings. The first kappa shape index (κ1) is 12.2. The third kappa shape index (κ3) is 11.2. The molecule has 0 fully saturated rings. The second-order valence-electron chi connectivity index (χ2n) is 2.65. The molecule has 0 heterocycles. The van der Waals surface area contributed by atoms with E-state index in [2.05, 4.69) is 21.7 Å². The molecule has 0 atom stereocenters. The van der Waals surface area contributed by atoms with E-state index in [1.165, 1.54) is 19.3 Å². The van der Waals surface area contributed by atoms with E-state index in [-0.39, 0.29) is 0 Å². The zero-order chi connectivity index (χ0) is 9.94. The summed E-state index contributed by atoms with van der Waals surface area (Å²) < 4.78 is 0. The summed E-state index contributed by atoms with van der Waals surface area (Å²) >= 11 is 0. The van der Waals surface area contributed by atoms with Crippen molar-refractivity contribution in [1.29, 1.82) is 0 Å².